The maximum Gasteiger partial charge on any atom is 0.258 e. The highest BCUT2D eigenvalue weighted by Crippen LogP contribution is 2.21. The van der Waals surface area contributed by atoms with Gasteiger partial charge in [0.1, 0.15) is 0 Å². The Morgan fingerprint density at radius 3 is 1.97 bits per heavy atom. The van der Waals surface area contributed by atoms with Crippen molar-refractivity contribution in [3.05, 3.63) is 117 Å². The van der Waals surface area contributed by atoms with Gasteiger partial charge in [-0.2, -0.15) is 0 Å². The molecule has 0 spiro atoms. The highest BCUT2D eigenvalue weighted by Gasteiger charge is 2.09. The number of terminal acetylenes is 1. The molecule has 0 aliphatic rings. The quantitative estimate of drug-likeness (QED) is 0.233. The minimum absolute atomic E-state index is 0.0859. The molecule has 3 heteroatoms. The molecule has 1 heterocycles. The molecule has 5 aromatic rings. The van der Waals surface area contributed by atoms with Crippen LogP contribution in [0.3, 0.4) is 0 Å². The number of nitrogen functional groups attached to an aromatic ring is 1. The van der Waals surface area contributed by atoms with Crippen LogP contribution in [0.25, 0.3) is 28.1 Å². The summed E-state index contributed by atoms with van der Waals surface area (Å²) in [5, 5.41) is 4.88. The summed E-state index contributed by atoms with van der Waals surface area (Å²) in [5.41, 5.74) is 10.5. The lowest BCUT2D eigenvalue weighted by Crippen LogP contribution is -2.33. The summed E-state index contributed by atoms with van der Waals surface area (Å²) in [6.45, 7) is 9.11. The number of hydrogen-bond acceptors (Lipinski definition) is 2. The van der Waals surface area contributed by atoms with E-state index in [0.717, 1.165) is 58.4 Å². The van der Waals surface area contributed by atoms with Crippen LogP contribution in [-0.4, -0.2) is 4.57 Å². The Kier molecular flexibility index (Phi) is 9.08. The van der Waals surface area contributed by atoms with Crippen molar-refractivity contribution in [2.45, 2.75) is 39.7 Å². The monoisotopic (exact) mass is 474 g/mol. The summed E-state index contributed by atoms with van der Waals surface area (Å²) in [4.78, 5) is 12.6. The molecule has 182 valence electrons. The predicted octanol–water partition coefficient (Wildman–Crippen LogP) is 6.50. The second-order valence-corrected chi connectivity index (χ2v) is 8.87. The first kappa shape index (κ1) is 26.3. The van der Waals surface area contributed by atoms with Gasteiger partial charge in [0.15, 0.2) is 0 Å². The van der Waals surface area contributed by atoms with E-state index in [-0.39, 0.29) is 5.56 Å². The smallest absolute Gasteiger partial charge is 0.258 e. The molecular weight excluding hydrogens is 440 g/mol. The van der Waals surface area contributed by atoms with Crippen LogP contribution in [0, 0.1) is 19.8 Å². The molecule has 0 saturated carbocycles. The zero-order chi connectivity index (χ0) is 26.1. The highest BCUT2D eigenvalue weighted by molar-refractivity contribution is 6.09. The van der Waals surface area contributed by atoms with Gasteiger partial charge < -0.3 is 10.3 Å². The molecule has 3 nitrogen and oxygen atoms in total. The molecule has 1 aromatic heterocycles. The van der Waals surface area contributed by atoms with Gasteiger partial charge in [0.05, 0.1) is 0 Å². The normalized spacial score (nSPS) is 10.3. The molecule has 2 N–H and O–H groups in total. The van der Waals surface area contributed by atoms with E-state index in [1.54, 1.807) is 0 Å². The Morgan fingerprint density at radius 2 is 1.39 bits per heavy atom. The lowest BCUT2D eigenvalue weighted by molar-refractivity contribution is 0.607. The molecule has 0 aliphatic carbocycles. The third-order valence-corrected chi connectivity index (χ3v) is 6.26. The summed E-state index contributed by atoms with van der Waals surface area (Å²) in [6.07, 6.45) is 11.0. The first-order valence-corrected chi connectivity index (χ1v) is 12.2. The molecule has 0 radical (unpaired) electrons. The summed E-state index contributed by atoms with van der Waals surface area (Å²) in [7, 11) is 0. The molecule has 0 bridgehead atoms. The van der Waals surface area contributed by atoms with Crippen molar-refractivity contribution in [2.24, 2.45) is 0 Å². The number of nitrogens with two attached hydrogens (primary N) is 1. The zero-order valence-corrected chi connectivity index (χ0v) is 21.2. The number of hydrogen-bond donors (Lipinski definition) is 1. The van der Waals surface area contributed by atoms with Crippen LogP contribution in [-0.2, 0) is 13.0 Å². The topological polar surface area (TPSA) is 48.0 Å². The van der Waals surface area contributed by atoms with Gasteiger partial charge in [-0.3, -0.25) is 4.79 Å². The minimum Gasteiger partial charge on any atom is -0.399 e. The van der Waals surface area contributed by atoms with E-state index < -0.39 is 0 Å². The lowest BCUT2D eigenvalue weighted by atomic mass is 10.0. The van der Waals surface area contributed by atoms with E-state index in [9.17, 15) is 4.79 Å². The van der Waals surface area contributed by atoms with Gasteiger partial charge in [0, 0.05) is 33.7 Å². The third kappa shape index (κ3) is 6.03. The summed E-state index contributed by atoms with van der Waals surface area (Å²) < 4.78 is 1.82. The van der Waals surface area contributed by atoms with Gasteiger partial charge in [-0.25, -0.2) is 0 Å². The number of benzene rings is 4. The SMILES string of the molecule is C#C.C=c1c2cccc3cccc(c(=O)n1CCCC)c32.Cc1ccc(Cc2ccc(N)cc2)cc1. The van der Waals surface area contributed by atoms with Crippen LogP contribution in [0.1, 0.15) is 36.5 Å². The second-order valence-electron chi connectivity index (χ2n) is 8.87. The van der Waals surface area contributed by atoms with E-state index in [0.29, 0.717) is 0 Å². The van der Waals surface area contributed by atoms with Crippen molar-refractivity contribution < 1.29 is 0 Å². The Balaban J connectivity index is 0.000000193. The number of aromatic nitrogens is 1. The van der Waals surface area contributed by atoms with Crippen molar-refractivity contribution in [2.75, 3.05) is 5.73 Å². The number of rotatable bonds is 5. The fourth-order valence-electron chi connectivity index (χ4n) is 4.30. The van der Waals surface area contributed by atoms with Gasteiger partial charge in [-0.05, 0) is 54.5 Å². The molecule has 0 saturated heterocycles. The highest BCUT2D eigenvalue weighted by atomic mass is 16.1. The van der Waals surface area contributed by atoms with Gasteiger partial charge in [-0.1, -0.05) is 92.2 Å². The van der Waals surface area contributed by atoms with Crippen molar-refractivity contribution in [3.8, 4) is 12.8 Å². The van der Waals surface area contributed by atoms with Crippen molar-refractivity contribution in [1.82, 2.24) is 4.57 Å². The molecular formula is C33H34N2O. The third-order valence-electron chi connectivity index (χ3n) is 6.26. The maximum atomic E-state index is 12.6. The van der Waals surface area contributed by atoms with Crippen molar-refractivity contribution in [1.29, 1.82) is 0 Å². The number of pyridine rings is 1. The molecule has 0 fully saturated rings. The molecule has 0 amide bonds. The lowest BCUT2D eigenvalue weighted by Gasteiger charge is -2.12. The average Bonchev–Trinajstić information content (AvgIpc) is 2.91. The molecule has 0 aliphatic heterocycles. The Hall–Kier alpha value is -4.29. The summed E-state index contributed by atoms with van der Waals surface area (Å²) in [5.74, 6) is 0. The van der Waals surface area contributed by atoms with Gasteiger partial charge in [0.2, 0.25) is 0 Å². The van der Waals surface area contributed by atoms with Crippen LogP contribution < -0.4 is 16.6 Å². The van der Waals surface area contributed by atoms with E-state index in [1.165, 1.54) is 16.7 Å². The number of aryl methyl sites for hydroxylation is 1. The first-order valence-electron chi connectivity index (χ1n) is 12.2. The zero-order valence-electron chi connectivity index (χ0n) is 21.2. The van der Waals surface area contributed by atoms with E-state index in [2.05, 4.69) is 75.7 Å². The van der Waals surface area contributed by atoms with Crippen LogP contribution in [0.2, 0.25) is 0 Å². The first-order chi connectivity index (χ1) is 17.5. The van der Waals surface area contributed by atoms with Gasteiger partial charge in [-0.15, -0.1) is 12.8 Å². The van der Waals surface area contributed by atoms with Crippen LogP contribution in [0.4, 0.5) is 5.69 Å². The molecule has 4 aromatic carbocycles. The number of nitrogens with zero attached hydrogens (tertiary/aromatic N) is 1. The molecule has 36 heavy (non-hydrogen) atoms. The van der Waals surface area contributed by atoms with Gasteiger partial charge >= 0.3 is 0 Å². The van der Waals surface area contributed by atoms with Crippen molar-refractivity contribution >= 4 is 33.8 Å². The number of unbranched alkanes of at least 4 members (excludes halogenated alkanes) is 1. The summed E-state index contributed by atoms with van der Waals surface area (Å²) >= 11 is 0. The standard InChI is InChI=1S/C17H17NO.C14H15N.C2H2/c1-3-4-11-18-12(2)14-9-5-7-13-8-6-10-15(16(13)14)17(18)19;1-11-2-4-12(5-3-11)10-13-6-8-14(15)9-7-13;1-2/h5-10H,2-4,11H2,1H3;2-9H,10,15H2,1H3;1-2H. The van der Waals surface area contributed by atoms with E-state index in [4.69, 9.17) is 5.73 Å². The average molecular weight is 475 g/mol. The Morgan fingerprint density at radius 1 is 0.833 bits per heavy atom. The van der Waals surface area contributed by atoms with Crippen LogP contribution >= 0.6 is 0 Å². The largest absolute Gasteiger partial charge is 0.399 e. The van der Waals surface area contributed by atoms with Crippen LogP contribution in [0.15, 0.2) is 89.7 Å². The predicted molar refractivity (Wildman–Crippen MR) is 156 cm³/mol. The van der Waals surface area contributed by atoms with E-state index >= 15 is 0 Å². The van der Waals surface area contributed by atoms with Crippen LogP contribution in [0.5, 0.6) is 0 Å². The minimum atomic E-state index is 0.0859. The Labute approximate surface area is 213 Å². The van der Waals surface area contributed by atoms with E-state index in [1.807, 2.05) is 47.0 Å². The summed E-state index contributed by atoms with van der Waals surface area (Å²) in [6, 6.07) is 28.7. The maximum absolute atomic E-state index is 12.6. The molecule has 0 atom stereocenters. The Bertz CT molecular complexity index is 1440. The van der Waals surface area contributed by atoms with Gasteiger partial charge in [0.25, 0.3) is 5.56 Å². The van der Waals surface area contributed by atoms with Crippen molar-refractivity contribution in [3.63, 3.8) is 0 Å². The number of anilines is 1. The fraction of sp³-hybridized carbons (Fsp3) is 0.182. The molecule has 0 unspecified atom stereocenters. The second kappa shape index (κ2) is 12.4. The molecule has 5 rings (SSSR count). The fourth-order valence-corrected chi connectivity index (χ4v) is 4.30.